The van der Waals surface area contributed by atoms with Gasteiger partial charge in [-0.15, -0.1) is 0 Å². The van der Waals surface area contributed by atoms with Gasteiger partial charge in [-0.3, -0.25) is 0 Å². The van der Waals surface area contributed by atoms with Crippen molar-refractivity contribution in [1.29, 1.82) is 0 Å². The molecule has 12 heteroatoms. The summed E-state index contributed by atoms with van der Waals surface area (Å²) in [5.74, 6) is 0. The fraction of sp³-hybridized carbons (Fsp3) is 1.00. The molecule has 0 amide bonds. The van der Waals surface area contributed by atoms with Gasteiger partial charge in [-0.25, -0.2) is 0 Å². The minimum Gasteiger partial charge on any atom is -0.390 e. The number of aliphatic hydroxyl groups is 4. The normalized spacial score (nSPS) is 51.4. The standard InChI is InChI=1S/C20H40N4O8/c1-8(21)12-5-4-9(22)18(30-12)31-15-10(23)6-11(25)16(13(15)26)32-19-14(27)17(24-3)20(2,28)7-29-19/h8-19,24-28H,4-7,21-23H2,1-3H3/t8-,9-,10+,11-,12+,13+,14-,15-,16+,17-,18-,19-,20+/m1/s1. The van der Waals surface area contributed by atoms with Crippen LogP contribution in [-0.4, -0.2) is 113 Å². The van der Waals surface area contributed by atoms with Crippen LogP contribution in [0.3, 0.4) is 0 Å². The van der Waals surface area contributed by atoms with Crippen molar-refractivity contribution in [2.24, 2.45) is 17.2 Å². The molecule has 3 aliphatic rings. The van der Waals surface area contributed by atoms with Gasteiger partial charge in [0.25, 0.3) is 0 Å². The Morgan fingerprint density at radius 1 is 1.03 bits per heavy atom. The summed E-state index contributed by atoms with van der Waals surface area (Å²) in [4.78, 5) is 0. The van der Waals surface area contributed by atoms with Crippen LogP contribution in [0.4, 0.5) is 0 Å². The lowest BCUT2D eigenvalue weighted by molar-refractivity contribution is -0.316. The van der Waals surface area contributed by atoms with Gasteiger partial charge in [0.15, 0.2) is 12.6 Å². The maximum absolute atomic E-state index is 11.0. The Morgan fingerprint density at radius 3 is 2.31 bits per heavy atom. The molecule has 3 rings (SSSR count). The van der Waals surface area contributed by atoms with E-state index >= 15 is 0 Å². The van der Waals surface area contributed by atoms with Gasteiger partial charge in [-0.2, -0.15) is 0 Å². The Bertz CT molecular complexity index is 614. The molecule has 0 radical (unpaired) electrons. The SMILES string of the molecule is CN[C@@H]1[C@@H](O)[C@@H](O[C@@H]2[C@@H](O)[C@H](O[C@H]3O[C@H]([C@@H](C)N)CC[C@H]3N)[C@@H](N)C[C@H]2O)OC[C@]1(C)O. The van der Waals surface area contributed by atoms with E-state index in [1.54, 1.807) is 7.05 Å². The number of nitrogens with two attached hydrogens (primary N) is 3. The first-order valence-corrected chi connectivity index (χ1v) is 11.2. The fourth-order valence-corrected chi connectivity index (χ4v) is 4.80. The van der Waals surface area contributed by atoms with Crippen LogP contribution in [0.2, 0.25) is 0 Å². The Labute approximate surface area is 188 Å². The summed E-state index contributed by atoms with van der Waals surface area (Å²) in [6.45, 7) is 3.26. The molecule has 11 N–H and O–H groups in total. The van der Waals surface area contributed by atoms with Gasteiger partial charge in [0.05, 0.1) is 30.9 Å². The van der Waals surface area contributed by atoms with Crippen molar-refractivity contribution >= 4 is 0 Å². The molecule has 0 spiro atoms. The molecule has 12 nitrogen and oxygen atoms in total. The van der Waals surface area contributed by atoms with E-state index in [-0.39, 0.29) is 25.2 Å². The van der Waals surface area contributed by atoms with Crippen LogP contribution in [0.15, 0.2) is 0 Å². The molecular weight excluding hydrogens is 424 g/mol. The number of hydrogen-bond acceptors (Lipinski definition) is 12. The highest BCUT2D eigenvalue weighted by Crippen LogP contribution is 2.32. The van der Waals surface area contributed by atoms with Gasteiger partial charge in [-0.1, -0.05) is 0 Å². The van der Waals surface area contributed by atoms with E-state index in [2.05, 4.69) is 5.32 Å². The highest BCUT2D eigenvalue weighted by Gasteiger charge is 2.51. The van der Waals surface area contributed by atoms with Crippen molar-refractivity contribution in [3.63, 3.8) is 0 Å². The van der Waals surface area contributed by atoms with Gasteiger partial charge in [-0.05, 0) is 40.2 Å². The average Bonchev–Trinajstić information content (AvgIpc) is 2.71. The van der Waals surface area contributed by atoms with E-state index < -0.39 is 66.8 Å². The summed E-state index contributed by atoms with van der Waals surface area (Å²) < 4.78 is 23.2. The van der Waals surface area contributed by atoms with Crippen molar-refractivity contribution in [2.75, 3.05) is 13.7 Å². The molecule has 0 aromatic heterocycles. The van der Waals surface area contributed by atoms with Crippen LogP contribution in [0.1, 0.15) is 33.1 Å². The second kappa shape index (κ2) is 10.4. The van der Waals surface area contributed by atoms with Crippen LogP contribution in [0.25, 0.3) is 0 Å². The van der Waals surface area contributed by atoms with Crippen LogP contribution >= 0.6 is 0 Å². The molecule has 0 bridgehead atoms. The quantitative estimate of drug-likeness (QED) is 0.192. The molecule has 13 atom stereocenters. The number of ether oxygens (including phenoxy) is 4. The van der Waals surface area contributed by atoms with Gasteiger partial charge in [0.2, 0.25) is 0 Å². The maximum atomic E-state index is 11.0. The predicted octanol–water partition coefficient (Wildman–Crippen LogP) is -3.55. The van der Waals surface area contributed by atoms with E-state index in [0.29, 0.717) is 12.8 Å². The van der Waals surface area contributed by atoms with E-state index in [1.165, 1.54) is 6.92 Å². The molecular formula is C20H40N4O8. The lowest BCUT2D eigenvalue weighted by Gasteiger charge is -2.48. The van der Waals surface area contributed by atoms with Gasteiger partial charge < -0.3 is 61.9 Å². The molecule has 1 aliphatic carbocycles. The number of rotatable bonds is 6. The molecule has 32 heavy (non-hydrogen) atoms. The zero-order valence-corrected chi connectivity index (χ0v) is 18.9. The van der Waals surface area contributed by atoms with Crippen molar-refractivity contribution in [3.05, 3.63) is 0 Å². The highest BCUT2D eigenvalue weighted by molar-refractivity contribution is 5.01. The molecule has 2 aliphatic heterocycles. The number of aliphatic hydroxyl groups excluding tert-OH is 3. The third kappa shape index (κ3) is 5.43. The molecule has 0 aromatic rings. The number of hydrogen-bond donors (Lipinski definition) is 8. The van der Waals surface area contributed by atoms with Crippen molar-refractivity contribution < 1.29 is 39.4 Å². The molecule has 2 heterocycles. The summed E-state index contributed by atoms with van der Waals surface area (Å²) in [6.07, 6.45) is -6.60. The highest BCUT2D eigenvalue weighted by atomic mass is 16.7. The Balaban J connectivity index is 1.69. The molecule has 3 fully saturated rings. The lowest BCUT2D eigenvalue weighted by atomic mass is 9.85. The van der Waals surface area contributed by atoms with Gasteiger partial charge in [0.1, 0.15) is 30.0 Å². The number of nitrogens with one attached hydrogen (secondary N) is 1. The van der Waals surface area contributed by atoms with E-state index in [9.17, 15) is 20.4 Å². The first-order valence-electron chi connectivity index (χ1n) is 11.2. The summed E-state index contributed by atoms with van der Waals surface area (Å²) in [5.41, 5.74) is 17.0. The largest absolute Gasteiger partial charge is 0.390 e. The van der Waals surface area contributed by atoms with Crippen LogP contribution in [-0.2, 0) is 18.9 Å². The summed E-state index contributed by atoms with van der Waals surface area (Å²) >= 11 is 0. The maximum Gasteiger partial charge on any atom is 0.185 e. The average molecular weight is 465 g/mol. The Kier molecular flexibility index (Phi) is 8.51. The molecule has 188 valence electrons. The molecule has 2 saturated heterocycles. The fourth-order valence-electron chi connectivity index (χ4n) is 4.80. The zero-order valence-electron chi connectivity index (χ0n) is 18.9. The topological polar surface area (TPSA) is 208 Å². The third-order valence-corrected chi connectivity index (χ3v) is 6.74. The first-order chi connectivity index (χ1) is 15.0. The Morgan fingerprint density at radius 2 is 1.69 bits per heavy atom. The van der Waals surface area contributed by atoms with E-state index in [0.717, 1.165) is 0 Å². The van der Waals surface area contributed by atoms with Crippen LogP contribution in [0, 0.1) is 0 Å². The summed E-state index contributed by atoms with van der Waals surface area (Å²) in [5, 5.41) is 45.4. The van der Waals surface area contributed by atoms with Crippen molar-refractivity contribution in [3.8, 4) is 0 Å². The predicted molar refractivity (Wildman–Crippen MR) is 113 cm³/mol. The Hall–Kier alpha value is -0.480. The minimum absolute atomic E-state index is 0.0844. The smallest absolute Gasteiger partial charge is 0.185 e. The summed E-state index contributed by atoms with van der Waals surface area (Å²) in [6, 6.07) is -2.07. The molecule has 0 unspecified atom stereocenters. The number of likely N-dealkylation sites (N-methyl/N-ethyl adjacent to an activating group) is 1. The van der Waals surface area contributed by atoms with Crippen LogP contribution in [0.5, 0.6) is 0 Å². The summed E-state index contributed by atoms with van der Waals surface area (Å²) in [7, 11) is 1.60. The van der Waals surface area contributed by atoms with E-state index in [4.69, 9.17) is 36.1 Å². The van der Waals surface area contributed by atoms with Gasteiger partial charge >= 0.3 is 0 Å². The second-order valence-electron chi connectivity index (χ2n) is 9.60. The van der Waals surface area contributed by atoms with E-state index in [1.807, 2.05) is 6.92 Å². The molecule has 1 saturated carbocycles. The third-order valence-electron chi connectivity index (χ3n) is 6.74. The van der Waals surface area contributed by atoms with Gasteiger partial charge in [0, 0.05) is 12.1 Å². The zero-order chi connectivity index (χ0) is 23.8. The first kappa shape index (κ1) is 26.1. The molecule has 0 aromatic carbocycles. The van der Waals surface area contributed by atoms with Crippen molar-refractivity contribution in [1.82, 2.24) is 5.32 Å². The second-order valence-corrected chi connectivity index (χ2v) is 9.60. The lowest BCUT2D eigenvalue weighted by Crippen LogP contribution is -2.68. The minimum atomic E-state index is -1.34. The monoisotopic (exact) mass is 464 g/mol. The van der Waals surface area contributed by atoms with Crippen molar-refractivity contribution in [2.45, 2.75) is 112 Å². The van der Waals surface area contributed by atoms with Crippen LogP contribution < -0.4 is 22.5 Å².